The van der Waals surface area contributed by atoms with Crippen molar-refractivity contribution in [3.63, 3.8) is 0 Å². The molecule has 0 saturated carbocycles. The summed E-state index contributed by atoms with van der Waals surface area (Å²) in [6.07, 6.45) is 0.868. The van der Waals surface area contributed by atoms with Crippen LogP contribution < -0.4 is 14.8 Å². The number of fused-ring (bicyclic) bond motifs is 1. The van der Waals surface area contributed by atoms with Crippen LogP contribution in [0.2, 0.25) is 0 Å². The Labute approximate surface area is 255 Å². The molecule has 1 aliphatic rings. The highest BCUT2D eigenvalue weighted by Gasteiger charge is 2.53. The molecule has 0 amide bonds. The van der Waals surface area contributed by atoms with E-state index in [2.05, 4.69) is 43.3 Å². The number of anilines is 1. The van der Waals surface area contributed by atoms with Crippen molar-refractivity contribution in [3.05, 3.63) is 48.0 Å². The first kappa shape index (κ1) is 33.0. The van der Waals surface area contributed by atoms with E-state index in [1.807, 2.05) is 42.5 Å². The van der Waals surface area contributed by atoms with Crippen molar-refractivity contribution in [3.8, 4) is 11.5 Å². The Hall–Kier alpha value is -2.93. The number of benzene rings is 2. The highest BCUT2D eigenvalue weighted by molar-refractivity contribution is 5.79. The summed E-state index contributed by atoms with van der Waals surface area (Å²) in [7, 11) is 8.29. The van der Waals surface area contributed by atoms with Gasteiger partial charge in [-0.15, -0.1) is 0 Å². The van der Waals surface area contributed by atoms with E-state index >= 15 is 0 Å². The van der Waals surface area contributed by atoms with Crippen molar-refractivity contribution in [2.24, 2.45) is 0 Å². The van der Waals surface area contributed by atoms with Crippen molar-refractivity contribution >= 4 is 17.0 Å². The molecule has 0 spiro atoms. The third-order valence-electron chi connectivity index (χ3n) is 7.74. The lowest BCUT2D eigenvalue weighted by Crippen LogP contribution is -2.44. The number of rotatable bonds is 17. The van der Waals surface area contributed by atoms with Crippen molar-refractivity contribution in [2.75, 3.05) is 66.4 Å². The summed E-state index contributed by atoms with van der Waals surface area (Å²) in [6.45, 7) is 4.77. The minimum atomic E-state index is -1.65. The largest absolute Gasteiger partial charge is 0.490 e. The van der Waals surface area contributed by atoms with Gasteiger partial charge in [-0.25, -0.2) is 4.98 Å². The average molecular weight is 600 g/mol. The predicted molar refractivity (Wildman–Crippen MR) is 168 cm³/mol. The van der Waals surface area contributed by atoms with E-state index in [1.165, 1.54) is 6.92 Å². The second kappa shape index (κ2) is 15.2. The van der Waals surface area contributed by atoms with E-state index < -0.39 is 30.6 Å². The number of nitrogens with zero attached hydrogens (tertiary/aromatic N) is 4. The molecular formula is C32H49N5O6. The molecule has 2 aromatic carbocycles. The Morgan fingerprint density at radius 2 is 1.60 bits per heavy atom. The van der Waals surface area contributed by atoms with Crippen molar-refractivity contribution in [2.45, 2.75) is 63.2 Å². The fraction of sp³-hybridized carbons (Fsp3) is 0.594. The molecule has 4 rings (SSSR count). The Morgan fingerprint density at radius 3 is 2.23 bits per heavy atom. The summed E-state index contributed by atoms with van der Waals surface area (Å²) in [5.74, 6) is 1.92. The molecule has 43 heavy (non-hydrogen) atoms. The lowest BCUT2D eigenvalue weighted by molar-refractivity contribution is -0.0939. The quantitative estimate of drug-likeness (QED) is 0.172. The Kier molecular flexibility index (Phi) is 11.6. The molecular weight excluding hydrogens is 550 g/mol. The number of aliphatic hydroxyl groups is 3. The van der Waals surface area contributed by atoms with Crippen LogP contribution >= 0.6 is 0 Å². The summed E-state index contributed by atoms with van der Waals surface area (Å²) in [4.78, 5) is 9.10. The van der Waals surface area contributed by atoms with Crippen LogP contribution in [0.5, 0.6) is 11.5 Å². The van der Waals surface area contributed by atoms with Crippen LogP contribution in [0.15, 0.2) is 42.5 Å². The highest BCUT2D eigenvalue weighted by Crippen LogP contribution is 2.41. The molecule has 238 valence electrons. The van der Waals surface area contributed by atoms with Gasteiger partial charge in [0.15, 0.2) is 17.7 Å². The number of hydrogen-bond acceptors (Lipinski definition) is 10. The second-order valence-electron chi connectivity index (χ2n) is 12.0. The van der Waals surface area contributed by atoms with Gasteiger partial charge in [-0.1, -0.05) is 18.2 Å². The van der Waals surface area contributed by atoms with Crippen LogP contribution in [0, 0.1) is 0 Å². The van der Waals surface area contributed by atoms with E-state index in [4.69, 9.17) is 19.2 Å². The molecule has 0 aliphatic carbocycles. The third-order valence-corrected chi connectivity index (χ3v) is 7.74. The van der Waals surface area contributed by atoms with Crippen LogP contribution in [0.3, 0.4) is 0 Å². The Morgan fingerprint density at radius 1 is 0.953 bits per heavy atom. The molecule has 1 saturated heterocycles. The first-order valence-electron chi connectivity index (χ1n) is 15.2. The fourth-order valence-electron chi connectivity index (χ4n) is 5.27. The Bertz CT molecular complexity index is 1300. The van der Waals surface area contributed by atoms with Crippen LogP contribution in [0.1, 0.15) is 44.4 Å². The summed E-state index contributed by atoms with van der Waals surface area (Å²) in [5.41, 5.74) is 0.771. The molecule has 0 bridgehead atoms. The molecule has 1 aromatic heterocycles. The van der Waals surface area contributed by atoms with Crippen LogP contribution in [0.25, 0.3) is 11.0 Å². The maximum atomic E-state index is 11.2. The SMILES string of the molecule is CN(C)CCCCOc1ccc(CNc2nc3ccccc3n2C2OC(CO)C(O)C2(C)O)cc1OCCCCN(C)C. The fourth-order valence-corrected chi connectivity index (χ4v) is 5.27. The number of hydrogen-bond donors (Lipinski definition) is 4. The first-order chi connectivity index (χ1) is 20.6. The van der Waals surface area contributed by atoms with Gasteiger partial charge in [0.25, 0.3) is 0 Å². The summed E-state index contributed by atoms with van der Waals surface area (Å²) in [5, 5.41) is 35.0. The van der Waals surface area contributed by atoms with Gasteiger partial charge in [-0.05, 0) is 104 Å². The van der Waals surface area contributed by atoms with E-state index in [-0.39, 0.29) is 0 Å². The predicted octanol–water partition coefficient (Wildman–Crippen LogP) is 3.09. The van der Waals surface area contributed by atoms with E-state index in [1.54, 1.807) is 4.57 Å². The summed E-state index contributed by atoms with van der Waals surface area (Å²) < 4.78 is 20.1. The molecule has 4 atom stereocenters. The standard InChI is InChI=1S/C32H49N5O6/c1-32(40)29(39)28(22-38)43-30(32)37-25-13-7-6-12-24(25)34-31(37)33-21-23-14-15-26(41-18-10-8-16-35(2)3)27(20-23)42-19-11-9-17-36(4)5/h6-7,12-15,20,28-30,38-40H,8-11,16-19,21-22H2,1-5H3,(H,33,34). The number of para-hydroxylation sites is 2. The molecule has 3 aromatic rings. The first-order valence-corrected chi connectivity index (χ1v) is 15.2. The van der Waals surface area contributed by atoms with Crippen LogP contribution in [-0.2, 0) is 11.3 Å². The minimum Gasteiger partial charge on any atom is -0.490 e. The van der Waals surface area contributed by atoms with E-state index in [0.717, 1.165) is 55.6 Å². The number of imidazole rings is 1. The second-order valence-corrected chi connectivity index (χ2v) is 12.0. The normalized spacial score (nSPS) is 22.1. The van der Waals surface area contributed by atoms with Crippen LogP contribution in [-0.4, -0.2) is 114 Å². The molecule has 11 nitrogen and oxygen atoms in total. The zero-order chi connectivity index (χ0) is 31.0. The van der Waals surface area contributed by atoms with Gasteiger partial charge in [0.05, 0.1) is 30.9 Å². The lowest BCUT2D eigenvalue weighted by Gasteiger charge is -2.29. The van der Waals surface area contributed by atoms with Crippen LogP contribution in [0.4, 0.5) is 5.95 Å². The molecule has 1 fully saturated rings. The third kappa shape index (κ3) is 8.37. The van der Waals surface area contributed by atoms with Crippen molar-refractivity contribution < 1.29 is 29.5 Å². The number of aromatic nitrogens is 2. The topological polar surface area (TPSA) is 125 Å². The lowest BCUT2D eigenvalue weighted by atomic mass is 9.96. The maximum Gasteiger partial charge on any atom is 0.206 e. The highest BCUT2D eigenvalue weighted by atomic mass is 16.6. The summed E-state index contributed by atoms with van der Waals surface area (Å²) >= 11 is 0. The number of unbranched alkanes of at least 4 members (excludes halogenated alkanes) is 2. The van der Waals surface area contributed by atoms with Gasteiger partial charge in [-0.3, -0.25) is 4.57 Å². The molecule has 4 N–H and O–H groups in total. The molecule has 2 heterocycles. The van der Waals surface area contributed by atoms with Gasteiger partial charge in [0.2, 0.25) is 5.95 Å². The van der Waals surface area contributed by atoms with E-state index in [0.29, 0.717) is 37.0 Å². The average Bonchev–Trinajstić information content (AvgIpc) is 3.44. The number of ether oxygens (including phenoxy) is 3. The number of nitrogens with one attached hydrogen (secondary N) is 1. The van der Waals surface area contributed by atoms with Gasteiger partial charge in [-0.2, -0.15) is 0 Å². The van der Waals surface area contributed by atoms with Gasteiger partial charge >= 0.3 is 0 Å². The monoisotopic (exact) mass is 599 g/mol. The molecule has 1 aliphatic heterocycles. The smallest absolute Gasteiger partial charge is 0.206 e. The zero-order valence-electron chi connectivity index (χ0n) is 26.2. The van der Waals surface area contributed by atoms with Crippen molar-refractivity contribution in [1.29, 1.82) is 0 Å². The van der Waals surface area contributed by atoms with Gasteiger partial charge in [0, 0.05) is 6.54 Å². The molecule has 0 radical (unpaired) electrons. The zero-order valence-corrected chi connectivity index (χ0v) is 26.2. The summed E-state index contributed by atoms with van der Waals surface area (Å²) in [6, 6.07) is 13.5. The Balaban J connectivity index is 1.51. The minimum absolute atomic E-state index is 0.412. The van der Waals surface area contributed by atoms with E-state index in [9.17, 15) is 15.3 Å². The number of aliphatic hydroxyl groups excluding tert-OH is 2. The molecule has 11 heteroatoms. The van der Waals surface area contributed by atoms with Crippen molar-refractivity contribution in [1.82, 2.24) is 19.4 Å². The molecule has 4 unspecified atom stereocenters. The maximum absolute atomic E-state index is 11.2. The van der Waals surface area contributed by atoms with Gasteiger partial charge < -0.3 is 44.6 Å². The van der Waals surface area contributed by atoms with Gasteiger partial charge in [0.1, 0.15) is 17.8 Å².